The molecular formula is C16H24N2S2. The van der Waals surface area contributed by atoms with Gasteiger partial charge in [-0.2, -0.15) is 0 Å². The second-order valence-corrected chi connectivity index (χ2v) is 8.23. The van der Waals surface area contributed by atoms with Crippen LogP contribution < -0.4 is 5.32 Å². The maximum absolute atomic E-state index is 5.01. The molecule has 1 N–H and O–H groups in total. The van der Waals surface area contributed by atoms with Crippen LogP contribution in [-0.4, -0.2) is 17.0 Å². The van der Waals surface area contributed by atoms with Crippen LogP contribution in [0.3, 0.4) is 0 Å². The van der Waals surface area contributed by atoms with Crippen LogP contribution in [0.15, 0.2) is 22.5 Å². The number of amidine groups is 1. The van der Waals surface area contributed by atoms with E-state index in [0.717, 1.165) is 5.92 Å². The lowest BCUT2D eigenvalue weighted by Gasteiger charge is -2.34. The van der Waals surface area contributed by atoms with Gasteiger partial charge in [-0.05, 0) is 36.1 Å². The van der Waals surface area contributed by atoms with Crippen LogP contribution in [0.4, 0.5) is 0 Å². The van der Waals surface area contributed by atoms with Crippen LogP contribution >= 0.6 is 23.1 Å². The van der Waals surface area contributed by atoms with Gasteiger partial charge in [0.1, 0.15) is 0 Å². The molecule has 1 aromatic rings. The van der Waals surface area contributed by atoms with Crippen LogP contribution in [0.2, 0.25) is 0 Å². The Balaban J connectivity index is 1.71. The zero-order valence-electron chi connectivity index (χ0n) is 12.3. The van der Waals surface area contributed by atoms with E-state index >= 15 is 0 Å². The summed E-state index contributed by atoms with van der Waals surface area (Å²) in [5.74, 6) is 2.67. The Morgan fingerprint density at radius 3 is 2.90 bits per heavy atom. The Bertz CT molecular complexity index is 453. The van der Waals surface area contributed by atoms with E-state index in [2.05, 4.69) is 36.7 Å². The van der Waals surface area contributed by atoms with Gasteiger partial charge in [-0.3, -0.25) is 4.99 Å². The van der Waals surface area contributed by atoms with Crippen molar-refractivity contribution in [1.82, 2.24) is 5.32 Å². The number of nitrogens with one attached hydrogen (secondary N) is 1. The molecule has 3 unspecified atom stereocenters. The van der Waals surface area contributed by atoms with Gasteiger partial charge in [0.25, 0.3) is 0 Å². The predicted molar refractivity (Wildman–Crippen MR) is 90.7 cm³/mol. The molecule has 0 saturated heterocycles. The van der Waals surface area contributed by atoms with E-state index < -0.39 is 0 Å². The van der Waals surface area contributed by atoms with Gasteiger partial charge in [0.15, 0.2) is 5.17 Å². The van der Waals surface area contributed by atoms with Crippen molar-refractivity contribution in [1.29, 1.82) is 0 Å². The Morgan fingerprint density at radius 1 is 1.30 bits per heavy atom. The van der Waals surface area contributed by atoms with Gasteiger partial charge in [0.2, 0.25) is 0 Å². The maximum atomic E-state index is 5.01. The summed E-state index contributed by atoms with van der Waals surface area (Å²) in [5, 5.41) is 7.06. The predicted octanol–water partition coefficient (Wildman–Crippen LogP) is 4.70. The molecule has 1 fully saturated rings. The number of thiophene rings is 1. The number of hydrogen-bond acceptors (Lipinski definition) is 4. The summed E-state index contributed by atoms with van der Waals surface area (Å²) in [6, 6.07) is 5.37. The first-order valence-corrected chi connectivity index (χ1v) is 9.61. The minimum absolute atomic E-state index is 0.404. The van der Waals surface area contributed by atoms with Gasteiger partial charge in [-0.1, -0.05) is 44.5 Å². The fourth-order valence-corrected chi connectivity index (χ4v) is 5.30. The molecule has 1 aromatic heterocycles. The highest BCUT2D eigenvalue weighted by atomic mass is 32.2. The number of aliphatic imine (C=N–C) groups is 1. The molecule has 1 aliphatic carbocycles. The molecular weight excluding hydrogens is 284 g/mol. The molecule has 2 heterocycles. The van der Waals surface area contributed by atoms with Gasteiger partial charge >= 0.3 is 0 Å². The van der Waals surface area contributed by atoms with E-state index in [1.54, 1.807) is 0 Å². The van der Waals surface area contributed by atoms with E-state index in [0.29, 0.717) is 18.0 Å². The fraction of sp³-hybridized carbons (Fsp3) is 0.688. The number of hydrogen-bond donors (Lipinski definition) is 1. The Morgan fingerprint density at radius 2 is 2.15 bits per heavy atom. The van der Waals surface area contributed by atoms with Gasteiger partial charge < -0.3 is 5.32 Å². The highest BCUT2D eigenvalue weighted by Crippen LogP contribution is 2.35. The molecule has 110 valence electrons. The normalized spacial score (nSPS) is 27.9. The van der Waals surface area contributed by atoms with Crippen molar-refractivity contribution >= 4 is 28.3 Å². The van der Waals surface area contributed by atoms with Crippen LogP contribution in [0.25, 0.3) is 0 Å². The lowest BCUT2D eigenvalue weighted by atomic mass is 9.86. The van der Waals surface area contributed by atoms with E-state index in [1.165, 1.54) is 41.5 Å². The number of thioether (sulfide) groups is 1. The molecule has 3 rings (SSSR count). The first kappa shape index (κ1) is 14.5. The first-order valence-electron chi connectivity index (χ1n) is 7.74. The Kier molecular flexibility index (Phi) is 4.72. The summed E-state index contributed by atoms with van der Waals surface area (Å²) >= 11 is 3.78. The lowest BCUT2D eigenvalue weighted by Crippen LogP contribution is -2.37. The van der Waals surface area contributed by atoms with Crippen LogP contribution in [0.5, 0.6) is 0 Å². The molecule has 2 nitrogen and oxygen atoms in total. The average molecular weight is 309 g/mol. The molecule has 0 bridgehead atoms. The Labute approximate surface area is 130 Å². The molecule has 4 heteroatoms. The molecule has 20 heavy (non-hydrogen) atoms. The minimum Gasteiger partial charge on any atom is -0.357 e. The van der Waals surface area contributed by atoms with Crippen molar-refractivity contribution < 1.29 is 0 Å². The molecule has 3 atom stereocenters. The van der Waals surface area contributed by atoms with Gasteiger partial charge in [0, 0.05) is 10.6 Å². The highest BCUT2D eigenvalue weighted by Gasteiger charge is 2.30. The third kappa shape index (κ3) is 3.22. The summed E-state index contributed by atoms with van der Waals surface area (Å²) in [5.41, 5.74) is 0. The summed E-state index contributed by atoms with van der Waals surface area (Å²) < 4.78 is 0. The van der Waals surface area contributed by atoms with Crippen LogP contribution in [0, 0.1) is 11.8 Å². The monoisotopic (exact) mass is 308 g/mol. The molecule has 0 spiro atoms. The zero-order valence-corrected chi connectivity index (χ0v) is 14.0. The third-order valence-corrected chi connectivity index (χ3v) is 6.43. The SMILES string of the molecule is CC(C)C(NC1=NC2CCCCC2CS1)c1cccs1. The minimum atomic E-state index is 0.404. The van der Waals surface area contributed by atoms with E-state index in [1.807, 2.05) is 23.1 Å². The average Bonchev–Trinajstić information content (AvgIpc) is 2.98. The third-order valence-electron chi connectivity index (χ3n) is 4.38. The van der Waals surface area contributed by atoms with Gasteiger partial charge in [0.05, 0.1) is 12.1 Å². The summed E-state index contributed by atoms with van der Waals surface area (Å²) in [4.78, 5) is 6.43. The number of nitrogens with zero attached hydrogens (tertiary/aromatic N) is 1. The highest BCUT2D eigenvalue weighted by molar-refractivity contribution is 8.13. The summed E-state index contributed by atoms with van der Waals surface area (Å²) in [6.45, 7) is 4.57. The van der Waals surface area contributed by atoms with E-state index in [9.17, 15) is 0 Å². The number of rotatable bonds is 3. The molecule has 0 radical (unpaired) electrons. The quantitative estimate of drug-likeness (QED) is 0.875. The topological polar surface area (TPSA) is 24.4 Å². The number of fused-ring (bicyclic) bond motifs is 1. The molecule has 0 amide bonds. The molecule has 1 saturated carbocycles. The molecule has 2 aliphatic rings. The molecule has 1 aliphatic heterocycles. The van der Waals surface area contributed by atoms with Crippen molar-refractivity contribution in [2.24, 2.45) is 16.8 Å². The maximum Gasteiger partial charge on any atom is 0.157 e. The summed E-state index contributed by atoms with van der Waals surface area (Å²) in [6.07, 6.45) is 5.44. The second kappa shape index (κ2) is 6.52. The van der Waals surface area contributed by atoms with Gasteiger partial charge in [-0.25, -0.2) is 0 Å². The second-order valence-electron chi connectivity index (χ2n) is 6.24. The lowest BCUT2D eigenvalue weighted by molar-refractivity contribution is 0.334. The van der Waals surface area contributed by atoms with Crippen molar-refractivity contribution in [2.75, 3.05) is 5.75 Å². The Hall–Kier alpha value is -0.480. The van der Waals surface area contributed by atoms with Gasteiger partial charge in [-0.15, -0.1) is 11.3 Å². The summed E-state index contributed by atoms with van der Waals surface area (Å²) in [7, 11) is 0. The zero-order chi connectivity index (χ0) is 13.9. The van der Waals surface area contributed by atoms with Crippen LogP contribution in [0.1, 0.15) is 50.4 Å². The standard InChI is InChI=1S/C16H24N2S2/c1-11(2)15(14-8-5-9-19-14)18-16-17-13-7-4-3-6-12(13)10-20-16/h5,8-9,11-13,15H,3-4,6-7,10H2,1-2H3,(H,17,18). The fourth-order valence-electron chi connectivity index (χ4n) is 3.17. The largest absolute Gasteiger partial charge is 0.357 e. The van der Waals surface area contributed by atoms with Crippen molar-refractivity contribution in [3.63, 3.8) is 0 Å². The van der Waals surface area contributed by atoms with Crippen LogP contribution in [-0.2, 0) is 0 Å². The van der Waals surface area contributed by atoms with Crippen molar-refractivity contribution in [3.8, 4) is 0 Å². The van der Waals surface area contributed by atoms with E-state index in [4.69, 9.17) is 4.99 Å². The smallest absolute Gasteiger partial charge is 0.157 e. The van der Waals surface area contributed by atoms with Crippen molar-refractivity contribution in [2.45, 2.75) is 51.6 Å². The molecule has 0 aromatic carbocycles. The van der Waals surface area contributed by atoms with E-state index in [-0.39, 0.29) is 0 Å². The first-order chi connectivity index (χ1) is 9.74. The van der Waals surface area contributed by atoms with Crippen molar-refractivity contribution in [3.05, 3.63) is 22.4 Å².